The van der Waals surface area contributed by atoms with Gasteiger partial charge >= 0.3 is 0 Å². The van der Waals surface area contributed by atoms with Crippen molar-refractivity contribution in [3.63, 3.8) is 0 Å². The molecule has 4 amide bonds. The average molecular weight is 1960 g/mol. The number of carbonyl (C=O) groups excluding carboxylic acids is 4. The Balaban J connectivity index is 0.000000125. The number of hydrogen-bond donors (Lipinski definition) is 8. The molecule has 720 valence electrons. The van der Waals surface area contributed by atoms with Crippen molar-refractivity contribution in [3.8, 4) is 46.8 Å². The number of azo groups is 4. The highest BCUT2D eigenvalue weighted by Gasteiger charge is 2.30. The Kier molecular flexibility index (Phi) is 27.9. The van der Waals surface area contributed by atoms with Crippen LogP contribution in [0.25, 0.3) is 108 Å². The van der Waals surface area contributed by atoms with Crippen LogP contribution in [0.2, 0.25) is 0 Å². The van der Waals surface area contributed by atoms with Crippen LogP contribution in [-0.2, 0) is 6.61 Å². The van der Waals surface area contributed by atoms with Crippen LogP contribution in [0.5, 0.6) is 23.0 Å². The number of aryl methyl sites for hydroxylation is 1. The van der Waals surface area contributed by atoms with Crippen LogP contribution in [-0.4, -0.2) is 146 Å². The van der Waals surface area contributed by atoms with Crippen LogP contribution >= 0.6 is 0 Å². The van der Waals surface area contributed by atoms with E-state index >= 15 is 0 Å². The third-order valence-corrected chi connectivity index (χ3v) is 23.3. The van der Waals surface area contributed by atoms with Gasteiger partial charge in [-0.2, -0.15) is 39.1 Å². The number of likely N-dealkylation sites (tertiary alicyclic amines) is 1. The number of nitrogens with zero attached hydrogens (tertiary/aromatic N) is 29. The molecule has 1 aliphatic rings. The van der Waals surface area contributed by atoms with E-state index in [1.54, 1.807) is 151 Å². The molecule has 0 atom stereocenters. The van der Waals surface area contributed by atoms with Crippen molar-refractivity contribution in [1.82, 2.24) is 83.9 Å². The van der Waals surface area contributed by atoms with E-state index < -0.39 is 17.7 Å². The summed E-state index contributed by atoms with van der Waals surface area (Å²) in [7, 11) is 0. The lowest BCUT2D eigenvalue weighted by Crippen LogP contribution is -2.27. The number of aliphatic hydroxyl groups is 1. The van der Waals surface area contributed by atoms with Gasteiger partial charge in [0.15, 0.2) is 46.3 Å². The molecule has 149 heavy (non-hydrogen) atoms. The van der Waals surface area contributed by atoms with Crippen LogP contribution in [0.4, 0.5) is 85.8 Å². The molecule has 41 nitrogen and oxygen atoms in total. The van der Waals surface area contributed by atoms with Crippen LogP contribution in [0, 0.1) is 33.2 Å². The number of amides is 4. The standard InChI is InChI=1S/2C29H18N8O2.C26H18N8O2.C24H20N8O3/c1-30-24-17-33-37(29-31-14-7-15-32-29)27(24)36-35-25-21-12-5-3-9-19(21)16-22(26(25)38)28(39)34-23-13-6-10-18-8-2-4-11-20(18)23;1-30-24-17-33-37(29-31-13-6-14-32-29)27(24)36-35-25-22-10-5-4-9-20(22)16-23(26(25)38)28(39)34-21-12-11-18-7-2-3-8-19(18)15-21;1-16-7-5-9-18(13-16)31-25(36)20-14-17-8-3-4-10-19(17)22(23(20)35)32-33-24-21(27-2)15-30-34(24)26-28-11-6-12-29-26;1-25-19-13-28-32(24-26-7-4-8-27-24)22(19)30-29-20-17-6-5-15(14-33)11-16(17)12-18(21(20)34)23(35)31-9-2-3-10-31/h2*2-17,38H,(H,34,39);3-15,35H,1H3,(H,31,36);4-8,11-13,33-34H,2-3,9-10,14H2. The first-order chi connectivity index (χ1) is 72.9. The Morgan fingerprint density at radius 1 is 0.322 bits per heavy atom. The molecular weight excluding hydrogens is 1890 g/mol. The molecule has 8 aromatic heterocycles. The minimum Gasteiger partial charge on any atom is -0.505 e. The monoisotopic (exact) mass is 1960 g/mol. The van der Waals surface area contributed by atoms with E-state index in [-0.39, 0.29) is 150 Å². The van der Waals surface area contributed by atoms with E-state index in [0.717, 1.165) is 39.9 Å². The lowest BCUT2D eigenvalue weighted by Gasteiger charge is -2.17. The summed E-state index contributed by atoms with van der Waals surface area (Å²) in [6.07, 6.45) is 19.5. The third-order valence-electron chi connectivity index (χ3n) is 23.3. The third kappa shape index (κ3) is 20.4. The number of rotatable bonds is 20. The highest BCUT2D eigenvalue weighted by Crippen LogP contribution is 2.48. The first-order valence-corrected chi connectivity index (χ1v) is 45.4. The number of nitrogens with one attached hydrogen (secondary N) is 3. The molecule has 1 fully saturated rings. The zero-order valence-electron chi connectivity index (χ0n) is 78.0. The molecule has 22 rings (SSSR count). The zero-order chi connectivity index (χ0) is 103. The lowest BCUT2D eigenvalue weighted by atomic mass is 10.0. The number of aromatic nitrogens is 16. The number of benzene rings is 13. The summed E-state index contributed by atoms with van der Waals surface area (Å²) < 4.78 is 5.13. The second-order valence-electron chi connectivity index (χ2n) is 32.7. The van der Waals surface area contributed by atoms with Gasteiger partial charge < -0.3 is 46.4 Å². The van der Waals surface area contributed by atoms with Crippen LogP contribution < -0.4 is 16.0 Å². The normalized spacial score (nSPS) is 11.7. The van der Waals surface area contributed by atoms with Gasteiger partial charge in [0, 0.05) is 107 Å². The Morgan fingerprint density at radius 2 is 0.658 bits per heavy atom. The Morgan fingerprint density at radius 3 is 1.05 bits per heavy atom. The van der Waals surface area contributed by atoms with Gasteiger partial charge in [0.25, 0.3) is 70.2 Å². The molecule has 0 unspecified atom stereocenters. The Labute approximate surface area is 843 Å². The minimum absolute atomic E-state index is 0.0286. The van der Waals surface area contributed by atoms with Crippen molar-refractivity contribution in [1.29, 1.82) is 0 Å². The largest absolute Gasteiger partial charge is 0.505 e. The van der Waals surface area contributed by atoms with Crippen molar-refractivity contribution < 1.29 is 44.7 Å². The number of fused-ring (bicyclic) bond motifs is 6. The Hall–Kier alpha value is -22.0. The summed E-state index contributed by atoms with van der Waals surface area (Å²) in [6, 6.07) is 73.8. The van der Waals surface area contributed by atoms with Crippen LogP contribution in [0.3, 0.4) is 0 Å². The number of phenolic OH excluding ortho intramolecular Hbond substituents is 4. The van der Waals surface area contributed by atoms with Crippen LogP contribution in [0.1, 0.15) is 65.4 Å². The molecule has 0 bridgehead atoms. The van der Waals surface area contributed by atoms with E-state index in [1.165, 1.54) is 68.3 Å². The second kappa shape index (κ2) is 43.4. The minimum atomic E-state index is -0.505. The smallest absolute Gasteiger partial charge is 0.259 e. The molecule has 0 spiro atoms. The number of aliphatic hydroxyl groups excluding tert-OH is 1. The molecule has 1 aliphatic heterocycles. The van der Waals surface area contributed by atoms with Gasteiger partial charge in [-0.25, -0.2) is 59.3 Å². The highest BCUT2D eigenvalue weighted by molar-refractivity contribution is 6.16. The molecule has 21 aromatic rings. The maximum atomic E-state index is 13.4. The van der Waals surface area contributed by atoms with E-state index in [1.807, 2.05) is 134 Å². The maximum Gasteiger partial charge on any atom is 0.259 e. The first-order valence-electron chi connectivity index (χ1n) is 45.4. The first kappa shape index (κ1) is 95.9. The lowest BCUT2D eigenvalue weighted by molar-refractivity contribution is 0.0789. The average Bonchev–Trinajstić information content (AvgIpc) is 1.76. The topological polar surface area (TPSA) is 499 Å². The van der Waals surface area contributed by atoms with E-state index in [2.05, 4.69) is 137 Å². The zero-order valence-corrected chi connectivity index (χ0v) is 78.0. The number of carbonyl (C=O) groups is 4. The van der Waals surface area contributed by atoms with Crippen molar-refractivity contribution in [2.24, 2.45) is 40.9 Å². The van der Waals surface area contributed by atoms with Gasteiger partial charge in [-0.05, 0) is 154 Å². The molecule has 0 saturated carbocycles. The molecule has 8 N–H and O–H groups in total. The Bertz CT molecular complexity index is 9110. The quantitative estimate of drug-likeness (QED) is 0.0259. The summed E-state index contributed by atoms with van der Waals surface area (Å²) >= 11 is 0. The van der Waals surface area contributed by atoms with Gasteiger partial charge in [-0.3, -0.25) is 19.2 Å². The van der Waals surface area contributed by atoms with Crippen LogP contribution in [0.15, 0.2) is 364 Å². The summed E-state index contributed by atoms with van der Waals surface area (Å²) in [5.74, 6) is -1.95. The van der Waals surface area contributed by atoms with Gasteiger partial charge in [-0.15, -0.1) is 40.9 Å². The summed E-state index contributed by atoms with van der Waals surface area (Å²) in [5.41, 5.74) is 4.45. The number of phenols is 4. The molecule has 0 aliphatic carbocycles. The van der Waals surface area contributed by atoms with Gasteiger partial charge in [0.2, 0.25) is 0 Å². The van der Waals surface area contributed by atoms with Gasteiger partial charge in [0.1, 0.15) is 22.7 Å². The number of hydrogen-bond acceptors (Lipinski definition) is 29. The predicted molar refractivity (Wildman–Crippen MR) is 555 cm³/mol. The van der Waals surface area contributed by atoms with Gasteiger partial charge in [0.05, 0.1) is 79.9 Å². The SMILES string of the molecule is [C-]#[N+]c1cnn(-c2ncccn2)c1N=Nc1c(O)c(C(=O)N2CCCC2)cc2cc(CO)ccc12.[C-]#[N+]c1cnn(-c2ncccn2)c1N=Nc1c(O)c(C(=O)Nc2ccc3ccccc3c2)cc2ccccc12.[C-]#[N+]c1cnn(-c2ncccn2)c1N=Nc1c(O)c(C(=O)Nc2cccc(C)c2)cc2ccccc12.[C-]#[N+]c1cnn(-c2ncccn2)c1N=Nc1c(O)c(C(=O)Nc2cccc3ccccc23)cc2ccccc12. The molecule has 41 heteroatoms. The van der Waals surface area contributed by atoms with Crippen molar-refractivity contribution in [2.75, 3.05) is 29.0 Å². The molecule has 0 radical (unpaired) electrons. The summed E-state index contributed by atoms with van der Waals surface area (Å²) in [4.78, 5) is 102. The molecular formula is C108H74N32O9. The fraction of sp³-hybridized carbons (Fsp3) is 0.0556. The number of anilines is 3. The van der Waals surface area contributed by atoms with E-state index in [9.17, 15) is 44.7 Å². The molecule has 9 heterocycles. The molecule has 13 aromatic carbocycles. The van der Waals surface area contributed by atoms with Crippen molar-refractivity contribution in [2.45, 2.75) is 26.4 Å². The van der Waals surface area contributed by atoms with E-state index in [4.69, 9.17) is 26.3 Å². The fourth-order valence-corrected chi connectivity index (χ4v) is 16.2. The van der Waals surface area contributed by atoms with Crippen molar-refractivity contribution in [3.05, 3.63) is 402 Å². The maximum absolute atomic E-state index is 13.4. The van der Waals surface area contributed by atoms with Crippen molar-refractivity contribution >= 4 is 174 Å². The van der Waals surface area contributed by atoms with Gasteiger partial charge in [-0.1, -0.05) is 164 Å². The summed E-state index contributed by atoms with van der Waals surface area (Å²) in [6.45, 7) is 32.9. The fourth-order valence-electron chi connectivity index (χ4n) is 16.2. The second-order valence-corrected chi connectivity index (χ2v) is 32.7. The highest BCUT2D eigenvalue weighted by atomic mass is 16.3. The van der Waals surface area contributed by atoms with E-state index in [0.29, 0.717) is 78.8 Å². The number of aromatic hydroxyl groups is 4. The molecule has 1 saturated heterocycles. The predicted octanol–water partition coefficient (Wildman–Crippen LogP) is 24.0. The summed E-state index contributed by atoms with van der Waals surface area (Å²) in [5, 5.41) is 122.